The Kier molecular flexibility index (Phi) is 3.73. The summed E-state index contributed by atoms with van der Waals surface area (Å²) in [5.74, 6) is -3.61. The van der Waals surface area contributed by atoms with Gasteiger partial charge in [-0.2, -0.15) is 13.2 Å². The van der Waals surface area contributed by atoms with Crippen molar-refractivity contribution in [3.63, 3.8) is 0 Å². The number of hydrogen-bond acceptors (Lipinski definition) is 2. The molecule has 0 amide bonds. The average molecular weight is 291 g/mol. The van der Waals surface area contributed by atoms with Crippen LogP contribution < -0.4 is 5.32 Å². The summed E-state index contributed by atoms with van der Waals surface area (Å²) in [6, 6.07) is 5.19. The molecule has 110 valence electrons. The minimum absolute atomic E-state index is 0.0671. The van der Waals surface area contributed by atoms with Gasteiger partial charge in [0.25, 0.3) is 0 Å². The molecule has 1 aliphatic heterocycles. The molecule has 1 aliphatic rings. The zero-order valence-electron chi connectivity index (χ0n) is 10.4. The molecule has 0 bridgehead atoms. The maximum Gasteiger partial charge on any atom is 0.406 e. The lowest BCUT2D eigenvalue weighted by Gasteiger charge is -2.32. The Bertz CT molecular complexity index is 517. The van der Waals surface area contributed by atoms with Gasteiger partial charge < -0.3 is 10.4 Å². The number of hydrogen-bond donors (Lipinski definition) is 2. The monoisotopic (exact) mass is 291 g/mol. The zero-order chi connectivity index (χ0) is 15.0. The molecule has 7 heteroatoms. The van der Waals surface area contributed by atoms with E-state index in [4.69, 9.17) is 5.11 Å². The number of nitrogens with one attached hydrogen (secondary N) is 1. The number of carboxylic acid groups (broad SMARTS) is 1. The van der Waals surface area contributed by atoms with Crippen molar-refractivity contribution in [2.75, 3.05) is 13.1 Å². The molecule has 1 fully saturated rings. The number of rotatable bonds is 3. The number of carboxylic acids is 1. The number of carbonyl (C=O) groups is 1. The molecule has 0 spiro atoms. The van der Waals surface area contributed by atoms with Crippen molar-refractivity contribution in [2.45, 2.75) is 12.6 Å². The van der Waals surface area contributed by atoms with Crippen molar-refractivity contribution in [3.05, 3.63) is 35.6 Å². The van der Waals surface area contributed by atoms with Crippen LogP contribution in [-0.4, -0.2) is 30.3 Å². The molecule has 0 aliphatic carbocycles. The van der Waals surface area contributed by atoms with Crippen LogP contribution in [0, 0.1) is 17.2 Å². The Morgan fingerprint density at radius 1 is 1.45 bits per heavy atom. The van der Waals surface area contributed by atoms with Crippen LogP contribution in [0.4, 0.5) is 17.6 Å². The first kappa shape index (κ1) is 14.8. The van der Waals surface area contributed by atoms with E-state index < -0.39 is 35.8 Å². The lowest BCUT2D eigenvalue weighted by molar-refractivity contribution is -0.236. The van der Waals surface area contributed by atoms with E-state index in [1.54, 1.807) is 0 Å². The Hall–Kier alpha value is -1.63. The maximum absolute atomic E-state index is 13.2. The Labute approximate surface area is 112 Å². The highest BCUT2D eigenvalue weighted by Crippen LogP contribution is 2.47. The lowest BCUT2D eigenvalue weighted by atomic mass is 9.74. The van der Waals surface area contributed by atoms with Crippen LogP contribution in [0.1, 0.15) is 5.56 Å². The number of benzene rings is 1. The second-order valence-electron chi connectivity index (χ2n) is 4.94. The average Bonchev–Trinajstić information content (AvgIpc) is 2.73. The number of halogens is 4. The highest BCUT2D eigenvalue weighted by molar-refractivity contribution is 5.77. The molecule has 1 heterocycles. The fraction of sp³-hybridized carbons (Fsp3) is 0.462. The van der Waals surface area contributed by atoms with E-state index in [-0.39, 0.29) is 13.0 Å². The molecular weight excluding hydrogens is 278 g/mol. The van der Waals surface area contributed by atoms with E-state index in [1.807, 2.05) is 0 Å². The topological polar surface area (TPSA) is 49.3 Å². The van der Waals surface area contributed by atoms with E-state index in [9.17, 15) is 22.4 Å². The third-order valence-corrected chi connectivity index (χ3v) is 3.75. The Morgan fingerprint density at radius 2 is 2.15 bits per heavy atom. The summed E-state index contributed by atoms with van der Waals surface area (Å²) in [4.78, 5) is 11.2. The van der Waals surface area contributed by atoms with Crippen molar-refractivity contribution < 1.29 is 27.5 Å². The van der Waals surface area contributed by atoms with E-state index in [0.29, 0.717) is 5.56 Å². The summed E-state index contributed by atoms with van der Waals surface area (Å²) in [5, 5.41) is 11.6. The molecule has 1 aromatic rings. The van der Waals surface area contributed by atoms with Crippen LogP contribution in [0.25, 0.3) is 0 Å². The standard InChI is InChI=1S/C13H13F4NO2/c14-10-3-1-2-8(5-10)4-9-6-18-7-12(9,11(19)20)13(15,16)17/h1-3,5,9,18H,4,6-7H2,(H,19,20)/t9-,12-/m0/s1. The van der Waals surface area contributed by atoms with Gasteiger partial charge in [-0.1, -0.05) is 12.1 Å². The van der Waals surface area contributed by atoms with E-state index in [2.05, 4.69) is 5.32 Å². The van der Waals surface area contributed by atoms with E-state index in [0.717, 1.165) is 6.07 Å². The minimum Gasteiger partial charge on any atom is -0.481 e. The van der Waals surface area contributed by atoms with Crippen LogP contribution >= 0.6 is 0 Å². The Balaban J connectivity index is 2.32. The van der Waals surface area contributed by atoms with Crippen molar-refractivity contribution in [1.29, 1.82) is 0 Å². The van der Waals surface area contributed by atoms with Crippen molar-refractivity contribution in [1.82, 2.24) is 5.32 Å². The first-order valence-electron chi connectivity index (χ1n) is 6.02. The van der Waals surface area contributed by atoms with E-state index in [1.165, 1.54) is 18.2 Å². The molecular formula is C13H13F4NO2. The van der Waals surface area contributed by atoms with Crippen molar-refractivity contribution >= 4 is 5.97 Å². The summed E-state index contributed by atoms with van der Waals surface area (Å²) in [5.41, 5.74) is -2.46. The largest absolute Gasteiger partial charge is 0.481 e. The Morgan fingerprint density at radius 3 is 2.70 bits per heavy atom. The minimum atomic E-state index is -4.86. The van der Waals surface area contributed by atoms with Gasteiger partial charge in [0.1, 0.15) is 5.82 Å². The molecule has 0 radical (unpaired) electrons. The summed E-state index contributed by atoms with van der Waals surface area (Å²) in [6.07, 6.45) is -5.00. The van der Waals surface area contributed by atoms with Gasteiger partial charge in [0.15, 0.2) is 5.41 Å². The van der Waals surface area contributed by atoms with Gasteiger partial charge in [-0.3, -0.25) is 4.79 Å². The lowest BCUT2D eigenvalue weighted by Crippen LogP contribution is -2.51. The smallest absolute Gasteiger partial charge is 0.406 e. The zero-order valence-corrected chi connectivity index (χ0v) is 10.4. The van der Waals surface area contributed by atoms with Crippen molar-refractivity contribution in [2.24, 2.45) is 11.3 Å². The summed E-state index contributed by atoms with van der Waals surface area (Å²) < 4.78 is 52.7. The highest BCUT2D eigenvalue weighted by Gasteiger charge is 2.66. The van der Waals surface area contributed by atoms with Crippen LogP contribution in [-0.2, 0) is 11.2 Å². The fourth-order valence-corrected chi connectivity index (χ4v) is 2.66. The quantitative estimate of drug-likeness (QED) is 0.840. The SMILES string of the molecule is O=C(O)[C@]1(C(F)(F)F)CNC[C@@H]1Cc1cccc(F)c1. The molecule has 0 aromatic heterocycles. The maximum atomic E-state index is 13.2. The molecule has 3 nitrogen and oxygen atoms in total. The highest BCUT2D eigenvalue weighted by atomic mass is 19.4. The molecule has 2 atom stereocenters. The molecule has 0 saturated carbocycles. The van der Waals surface area contributed by atoms with Gasteiger partial charge in [0, 0.05) is 12.5 Å². The summed E-state index contributed by atoms with van der Waals surface area (Å²) >= 11 is 0. The van der Waals surface area contributed by atoms with Crippen LogP contribution in [0.5, 0.6) is 0 Å². The first-order valence-corrected chi connectivity index (χ1v) is 6.02. The fourth-order valence-electron chi connectivity index (χ4n) is 2.66. The van der Waals surface area contributed by atoms with Crippen LogP contribution in [0.2, 0.25) is 0 Å². The van der Waals surface area contributed by atoms with E-state index >= 15 is 0 Å². The second-order valence-corrected chi connectivity index (χ2v) is 4.94. The molecule has 1 aromatic carbocycles. The van der Waals surface area contributed by atoms with Gasteiger partial charge in [-0.05, 0) is 30.7 Å². The van der Waals surface area contributed by atoms with Gasteiger partial charge in [-0.25, -0.2) is 4.39 Å². The first-order chi connectivity index (χ1) is 9.27. The predicted octanol–water partition coefficient (Wildman–Crippen LogP) is 2.22. The third kappa shape index (κ3) is 2.37. The molecule has 20 heavy (non-hydrogen) atoms. The van der Waals surface area contributed by atoms with Crippen LogP contribution in [0.15, 0.2) is 24.3 Å². The number of alkyl halides is 3. The van der Waals surface area contributed by atoms with Gasteiger partial charge in [-0.15, -0.1) is 0 Å². The molecule has 2 rings (SSSR count). The normalized spacial score (nSPS) is 26.7. The third-order valence-electron chi connectivity index (χ3n) is 3.75. The van der Waals surface area contributed by atoms with Gasteiger partial charge >= 0.3 is 12.1 Å². The summed E-state index contributed by atoms with van der Waals surface area (Å²) in [7, 11) is 0. The molecule has 0 unspecified atom stereocenters. The van der Waals surface area contributed by atoms with Crippen molar-refractivity contribution in [3.8, 4) is 0 Å². The molecule has 1 saturated heterocycles. The number of aliphatic carboxylic acids is 1. The second kappa shape index (κ2) is 5.05. The summed E-state index contributed by atoms with van der Waals surface area (Å²) in [6.45, 7) is -0.728. The van der Waals surface area contributed by atoms with Gasteiger partial charge in [0.05, 0.1) is 0 Å². The van der Waals surface area contributed by atoms with Gasteiger partial charge in [0.2, 0.25) is 0 Å². The van der Waals surface area contributed by atoms with Crippen LogP contribution in [0.3, 0.4) is 0 Å². The molecule has 2 N–H and O–H groups in total. The predicted molar refractivity (Wildman–Crippen MR) is 62.6 cm³/mol.